The van der Waals surface area contributed by atoms with Crippen LogP contribution in [0.4, 0.5) is 0 Å². The van der Waals surface area contributed by atoms with Crippen molar-refractivity contribution in [1.82, 2.24) is 10.3 Å². The zero-order valence-electron chi connectivity index (χ0n) is 16.9. The monoisotopic (exact) mass is 444 g/mol. The second kappa shape index (κ2) is 9.02. The van der Waals surface area contributed by atoms with E-state index in [0.717, 1.165) is 5.56 Å². The highest BCUT2D eigenvalue weighted by molar-refractivity contribution is 6.39. The van der Waals surface area contributed by atoms with Crippen LogP contribution in [-0.2, 0) is 16.0 Å². The summed E-state index contributed by atoms with van der Waals surface area (Å²) in [6.45, 7) is 5.36. The molecule has 156 valence electrons. The molecule has 1 heterocycles. The summed E-state index contributed by atoms with van der Waals surface area (Å²) in [7, 11) is 0. The van der Waals surface area contributed by atoms with Crippen molar-refractivity contribution in [2.24, 2.45) is 0 Å². The molecule has 1 atom stereocenters. The van der Waals surface area contributed by atoms with Crippen molar-refractivity contribution in [3.8, 4) is 0 Å². The lowest BCUT2D eigenvalue weighted by Crippen LogP contribution is -2.45. The number of hydrogen-bond acceptors (Lipinski definition) is 4. The first-order valence-electron chi connectivity index (χ1n) is 9.45. The normalized spacial score (nSPS) is 12.4. The molecule has 0 saturated heterocycles. The first kappa shape index (κ1) is 22.1. The SMILES string of the molecule is CC(C)(C)OC(=O)[C@H](Cc1ccccc1)NC(=O)c1ccc2c(Cl)cnc(Cl)c2c1. The number of rotatable bonds is 5. The van der Waals surface area contributed by atoms with Crippen LogP contribution in [0.1, 0.15) is 36.7 Å². The number of aromatic nitrogens is 1. The number of esters is 1. The molecule has 1 amide bonds. The highest BCUT2D eigenvalue weighted by atomic mass is 35.5. The Morgan fingerprint density at radius 1 is 1.07 bits per heavy atom. The maximum Gasteiger partial charge on any atom is 0.329 e. The van der Waals surface area contributed by atoms with Gasteiger partial charge in [0, 0.05) is 29.0 Å². The predicted octanol–water partition coefficient (Wildman–Crippen LogP) is 5.22. The Labute approximate surface area is 185 Å². The molecular weight excluding hydrogens is 423 g/mol. The van der Waals surface area contributed by atoms with Crippen molar-refractivity contribution in [3.63, 3.8) is 0 Å². The highest BCUT2D eigenvalue weighted by Gasteiger charge is 2.27. The van der Waals surface area contributed by atoms with Crippen molar-refractivity contribution in [2.45, 2.75) is 38.8 Å². The summed E-state index contributed by atoms with van der Waals surface area (Å²) >= 11 is 12.3. The Kier molecular flexibility index (Phi) is 6.64. The number of pyridine rings is 1. The average molecular weight is 445 g/mol. The lowest BCUT2D eigenvalue weighted by Gasteiger charge is -2.24. The van der Waals surface area contributed by atoms with Crippen LogP contribution >= 0.6 is 23.2 Å². The smallest absolute Gasteiger partial charge is 0.329 e. The molecule has 0 saturated carbocycles. The van der Waals surface area contributed by atoms with Gasteiger partial charge in [0.1, 0.15) is 16.8 Å². The number of nitrogens with one attached hydrogen (secondary N) is 1. The quantitative estimate of drug-likeness (QED) is 0.432. The Morgan fingerprint density at radius 2 is 1.77 bits per heavy atom. The van der Waals surface area contributed by atoms with Gasteiger partial charge in [-0.05, 0) is 38.5 Å². The van der Waals surface area contributed by atoms with Gasteiger partial charge < -0.3 is 10.1 Å². The van der Waals surface area contributed by atoms with Crippen LogP contribution in [0.5, 0.6) is 0 Å². The molecule has 0 aliphatic rings. The molecule has 1 aromatic heterocycles. The molecule has 2 aromatic carbocycles. The standard InChI is InChI=1S/C23H22Cl2N2O3/c1-23(2,3)30-22(29)19(11-14-7-5-4-6-8-14)27-21(28)15-9-10-16-17(12-15)20(25)26-13-18(16)24/h4-10,12-13,19H,11H2,1-3H3,(H,27,28)/t19-/m0/s1. The number of ether oxygens (including phenoxy) is 1. The lowest BCUT2D eigenvalue weighted by atomic mass is 10.0. The average Bonchev–Trinajstić information content (AvgIpc) is 2.69. The minimum Gasteiger partial charge on any atom is -0.458 e. The lowest BCUT2D eigenvalue weighted by molar-refractivity contribution is -0.157. The van der Waals surface area contributed by atoms with Crippen LogP contribution in [0.3, 0.4) is 0 Å². The van der Waals surface area contributed by atoms with Gasteiger partial charge in [0.15, 0.2) is 0 Å². The number of hydrogen-bond donors (Lipinski definition) is 1. The molecule has 0 fully saturated rings. The Morgan fingerprint density at radius 3 is 2.43 bits per heavy atom. The van der Waals surface area contributed by atoms with Gasteiger partial charge >= 0.3 is 5.97 Å². The minimum atomic E-state index is -0.845. The van der Waals surface area contributed by atoms with Crippen molar-refractivity contribution in [2.75, 3.05) is 0 Å². The van der Waals surface area contributed by atoms with Crippen molar-refractivity contribution < 1.29 is 14.3 Å². The van der Waals surface area contributed by atoms with Gasteiger partial charge in [-0.3, -0.25) is 4.79 Å². The van der Waals surface area contributed by atoms with E-state index < -0.39 is 23.5 Å². The molecule has 7 heteroatoms. The van der Waals surface area contributed by atoms with Gasteiger partial charge in [0.25, 0.3) is 5.91 Å². The van der Waals surface area contributed by atoms with E-state index in [9.17, 15) is 9.59 Å². The van der Waals surface area contributed by atoms with E-state index in [1.165, 1.54) is 6.20 Å². The maximum absolute atomic E-state index is 12.9. The highest BCUT2D eigenvalue weighted by Crippen LogP contribution is 2.28. The van der Waals surface area contributed by atoms with Crippen molar-refractivity contribution in [1.29, 1.82) is 0 Å². The van der Waals surface area contributed by atoms with Crippen LogP contribution in [0.15, 0.2) is 54.7 Å². The largest absolute Gasteiger partial charge is 0.458 e. The number of amides is 1. The molecule has 1 N–H and O–H groups in total. The van der Waals surface area contributed by atoms with E-state index in [4.69, 9.17) is 27.9 Å². The Hall–Kier alpha value is -2.63. The number of fused-ring (bicyclic) bond motifs is 1. The third kappa shape index (κ3) is 5.49. The first-order valence-corrected chi connectivity index (χ1v) is 10.2. The molecule has 0 unspecified atom stereocenters. The summed E-state index contributed by atoms with van der Waals surface area (Å²) in [6, 6.07) is 13.6. The van der Waals surface area contributed by atoms with E-state index in [-0.39, 0.29) is 5.15 Å². The van der Waals surface area contributed by atoms with Gasteiger partial charge in [-0.2, -0.15) is 0 Å². The van der Waals surface area contributed by atoms with Crippen LogP contribution in [0.25, 0.3) is 10.8 Å². The molecule has 0 bridgehead atoms. The summed E-state index contributed by atoms with van der Waals surface area (Å²) in [5.41, 5.74) is 0.580. The number of benzene rings is 2. The fourth-order valence-corrected chi connectivity index (χ4v) is 3.39. The topological polar surface area (TPSA) is 68.3 Å². The molecular formula is C23H22Cl2N2O3. The number of halogens is 2. The summed E-state index contributed by atoms with van der Waals surface area (Å²) in [6.07, 6.45) is 1.77. The van der Waals surface area contributed by atoms with Crippen LogP contribution in [0.2, 0.25) is 10.2 Å². The minimum absolute atomic E-state index is 0.247. The van der Waals surface area contributed by atoms with Gasteiger partial charge in [0.2, 0.25) is 0 Å². The number of carbonyl (C=O) groups is 2. The van der Waals surface area contributed by atoms with E-state index in [2.05, 4.69) is 10.3 Å². The van der Waals surface area contributed by atoms with E-state index in [0.29, 0.717) is 27.8 Å². The van der Waals surface area contributed by atoms with Crippen LogP contribution in [0, 0.1) is 0 Å². The zero-order valence-corrected chi connectivity index (χ0v) is 18.4. The fraction of sp³-hybridized carbons (Fsp3) is 0.261. The Bertz CT molecular complexity index is 1080. The zero-order chi connectivity index (χ0) is 21.9. The van der Waals surface area contributed by atoms with Gasteiger partial charge in [-0.1, -0.05) is 59.6 Å². The summed E-state index contributed by atoms with van der Waals surface area (Å²) in [5.74, 6) is -0.914. The summed E-state index contributed by atoms with van der Waals surface area (Å²) in [5, 5.41) is 4.74. The van der Waals surface area contributed by atoms with E-state index >= 15 is 0 Å². The molecule has 0 spiro atoms. The van der Waals surface area contributed by atoms with Gasteiger partial charge in [-0.25, -0.2) is 9.78 Å². The fourth-order valence-electron chi connectivity index (χ4n) is 2.97. The third-order valence-electron chi connectivity index (χ3n) is 4.33. The van der Waals surface area contributed by atoms with E-state index in [1.54, 1.807) is 39.0 Å². The molecule has 0 radical (unpaired) electrons. The Balaban J connectivity index is 1.87. The number of nitrogens with zero attached hydrogens (tertiary/aromatic N) is 1. The predicted molar refractivity (Wildman–Crippen MR) is 119 cm³/mol. The first-order chi connectivity index (χ1) is 14.1. The molecule has 0 aliphatic heterocycles. The molecule has 30 heavy (non-hydrogen) atoms. The molecule has 3 aromatic rings. The molecule has 0 aliphatic carbocycles. The summed E-state index contributed by atoms with van der Waals surface area (Å²) < 4.78 is 5.51. The second-order valence-electron chi connectivity index (χ2n) is 7.91. The van der Waals surface area contributed by atoms with Crippen LogP contribution < -0.4 is 5.32 Å². The molecule has 3 rings (SSSR count). The maximum atomic E-state index is 12.9. The third-order valence-corrected chi connectivity index (χ3v) is 4.93. The van der Waals surface area contributed by atoms with Crippen molar-refractivity contribution in [3.05, 3.63) is 76.0 Å². The number of carbonyl (C=O) groups excluding carboxylic acids is 2. The second-order valence-corrected chi connectivity index (χ2v) is 8.67. The van der Waals surface area contributed by atoms with E-state index in [1.807, 2.05) is 30.3 Å². The van der Waals surface area contributed by atoms with Gasteiger partial charge in [-0.15, -0.1) is 0 Å². The summed E-state index contributed by atoms with van der Waals surface area (Å²) in [4.78, 5) is 29.7. The van der Waals surface area contributed by atoms with Gasteiger partial charge in [0.05, 0.1) is 5.02 Å². The molecule has 5 nitrogen and oxygen atoms in total. The van der Waals surface area contributed by atoms with Crippen LogP contribution in [-0.4, -0.2) is 28.5 Å². The van der Waals surface area contributed by atoms with Crippen molar-refractivity contribution >= 4 is 45.9 Å².